The molecule has 0 aliphatic carbocycles. The van der Waals surface area contributed by atoms with E-state index in [-0.39, 0.29) is 0 Å². The van der Waals surface area contributed by atoms with Gasteiger partial charge in [-0.15, -0.1) is 0 Å². The molecular weight excluding hydrogens is 200 g/mol. The van der Waals surface area contributed by atoms with Gasteiger partial charge in [0, 0.05) is 12.1 Å². The van der Waals surface area contributed by atoms with E-state index in [1.165, 1.54) is 18.5 Å². The van der Waals surface area contributed by atoms with E-state index in [0.29, 0.717) is 0 Å². The third-order valence-corrected chi connectivity index (χ3v) is 2.84. The van der Waals surface area contributed by atoms with Crippen LogP contribution in [0, 0.1) is 6.92 Å². The van der Waals surface area contributed by atoms with E-state index in [2.05, 4.69) is 30.1 Å². The Labute approximate surface area is 98.8 Å². The maximum Gasteiger partial charge on any atom is 0.101 e. The van der Waals surface area contributed by atoms with E-state index in [4.69, 9.17) is 4.42 Å². The Bertz CT molecular complexity index is 279. The van der Waals surface area contributed by atoms with Crippen LogP contribution >= 0.6 is 0 Å². The van der Waals surface area contributed by atoms with Crippen LogP contribution in [-0.2, 0) is 6.54 Å². The van der Waals surface area contributed by atoms with E-state index >= 15 is 0 Å². The van der Waals surface area contributed by atoms with Gasteiger partial charge in [-0.2, -0.15) is 0 Å². The molecule has 1 N–H and O–H groups in total. The molecule has 0 aliphatic rings. The monoisotopic (exact) mass is 224 g/mol. The number of nitrogens with zero attached hydrogens (tertiary/aromatic N) is 1. The van der Waals surface area contributed by atoms with Crippen LogP contribution in [0.4, 0.5) is 0 Å². The minimum atomic E-state index is 0.912. The second-order valence-corrected chi connectivity index (χ2v) is 4.12. The number of hydrogen-bond donors (Lipinski definition) is 1. The lowest BCUT2D eigenvalue weighted by Crippen LogP contribution is -2.27. The molecule has 92 valence electrons. The Hall–Kier alpha value is -0.800. The summed E-state index contributed by atoms with van der Waals surface area (Å²) in [7, 11) is 0. The van der Waals surface area contributed by atoms with E-state index in [1.807, 2.05) is 13.2 Å². The lowest BCUT2D eigenvalue weighted by Gasteiger charge is -2.17. The van der Waals surface area contributed by atoms with Crippen LogP contribution in [0.3, 0.4) is 0 Å². The molecule has 0 bridgehead atoms. The summed E-state index contributed by atoms with van der Waals surface area (Å²) in [6, 6.07) is 2.08. The predicted molar refractivity (Wildman–Crippen MR) is 67.6 cm³/mol. The molecule has 3 heteroatoms. The number of rotatable bonds is 8. The highest BCUT2D eigenvalue weighted by atomic mass is 16.3. The van der Waals surface area contributed by atoms with Gasteiger partial charge < -0.3 is 14.6 Å². The third-order valence-electron chi connectivity index (χ3n) is 2.84. The van der Waals surface area contributed by atoms with Crippen molar-refractivity contribution < 1.29 is 4.42 Å². The number of aryl methyl sites for hydroxylation is 1. The van der Waals surface area contributed by atoms with Crippen LogP contribution < -0.4 is 5.32 Å². The summed E-state index contributed by atoms with van der Waals surface area (Å²) >= 11 is 0. The molecule has 1 aromatic rings. The molecule has 3 nitrogen and oxygen atoms in total. The van der Waals surface area contributed by atoms with Gasteiger partial charge in [0.2, 0.25) is 0 Å². The molecular formula is C13H24N2O. The molecule has 0 aliphatic heterocycles. The zero-order chi connectivity index (χ0) is 11.8. The maximum absolute atomic E-state index is 5.25. The van der Waals surface area contributed by atoms with E-state index in [0.717, 1.165) is 31.9 Å². The number of nitrogens with one attached hydrogen (secondary N) is 1. The van der Waals surface area contributed by atoms with Crippen LogP contribution in [0.15, 0.2) is 16.7 Å². The van der Waals surface area contributed by atoms with Crippen LogP contribution in [0.2, 0.25) is 0 Å². The van der Waals surface area contributed by atoms with Crippen molar-refractivity contribution in [3.63, 3.8) is 0 Å². The van der Waals surface area contributed by atoms with Gasteiger partial charge in [-0.3, -0.25) is 0 Å². The Kier molecular flexibility index (Phi) is 6.19. The van der Waals surface area contributed by atoms with E-state index in [1.54, 1.807) is 0 Å². The molecule has 16 heavy (non-hydrogen) atoms. The standard InChI is InChI=1S/C13H24N2O/c1-4-15(5-2)8-6-7-14-10-13-9-12(3)16-11-13/h9,11,14H,4-8,10H2,1-3H3. The summed E-state index contributed by atoms with van der Waals surface area (Å²) in [4.78, 5) is 2.45. The van der Waals surface area contributed by atoms with Gasteiger partial charge >= 0.3 is 0 Å². The number of hydrogen-bond acceptors (Lipinski definition) is 3. The summed E-state index contributed by atoms with van der Waals surface area (Å²) in [6.07, 6.45) is 3.03. The molecule has 1 aromatic heterocycles. The molecule has 1 heterocycles. The first-order valence-corrected chi connectivity index (χ1v) is 6.23. The largest absolute Gasteiger partial charge is 0.469 e. The summed E-state index contributed by atoms with van der Waals surface area (Å²) in [5.74, 6) is 0.986. The van der Waals surface area contributed by atoms with Crippen molar-refractivity contribution in [2.45, 2.75) is 33.7 Å². The molecule has 0 aromatic carbocycles. The van der Waals surface area contributed by atoms with Crippen LogP contribution in [0.5, 0.6) is 0 Å². The average molecular weight is 224 g/mol. The lowest BCUT2D eigenvalue weighted by molar-refractivity contribution is 0.298. The normalized spacial score (nSPS) is 11.2. The van der Waals surface area contributed by atoms with Crippen molar-refractivity contribution in [2.75, 3.05) is 26.2 Å². The van der Waals surface area contributed by atoms with Gasteiger partial charge in [-0.25, -0.2) is 0 Å². The molecule has 0 saturated carbocycles. The topological polar surface area (TPSA) is 28.4 Å². The van der Waals surface area contributed by atoms with E-state index < -0.39 is 0 Å². The molecule has 0 saturated heterocycles. The maximum atomic E-state index is 5.25. The minimum Gasteiger partial charge on any atom is -0.469 e. The Morgan fingerprint density at radius 1 is 1.31 bits per heavy atom. The van der Waals surface area contributed by atoms with Gasteiger partial charge in [0.25, 0.3) is 0 Å². The van der Waals surface area contributed by atoms with E-state index in [9.17, 15) is 0 Å². The highest BCUT2D eigenvalue weighted by molar-refractivity contribution is 5.10. The van der Waals surface area contributed by atoms with Gasteiger partial charge in [0.1, 0.15) is 5.76 Å². The van der Waals surface area contributed by atoms with Gasteiger partial charge in [0.05, 0.1) is 6.26 Å². The predicted octanol–water partition coefficient (Wildman–Crippen LogP) is 2.41. The Morgan fingerprint density at radius 2 is 2.06 bits per heavy atom. The lowest BCUT2D eigenvalue weighted by atomic mass is 10.3. The molecule has 1 rings (SSSR count). The number of furan rings is 1. The second kappa shape index (κ2) is 7.47. The zero-order valence-corrected chi connectivity index (χ0v) is 10.8. The molecule has 0 radical (unpaired) electrons. The van der Waals surface area contributed by atoms with Crippen molar-refractivity contribution in [1.82, 2.24) is 10.2 Å². The first kappa shape index (κ1) is 13.3. The van der Waals surface area contributed by atoms with Crippen molar-refractivity contribution >= 4 is 0 Å². The van der Waals surface area contributed by atoms with Crippen molar-refractivity contribution in [3.8, 4) is 0 Å². The summed E-state index contributed by atoms with van der Waals surface area (Å²) in [6.45, 7) is 11.9. The highest BCUT2D eigenvalue weighted by Gasteiger charge is 1.99. The molecule has 0 unspecified atom stereocenters. The van der Waals surface area contributed by atoms with Gasteiger partial charge in [0.15, 0.2) is 0 Å². The van der Waals surface area contributed by atoms with Crippen LogP contribution in [0.1, 0.15) is 31.6 Å². The van der Waals surface area contributed by atoms with Crippen molar-refractivity contribution in [1.29, 1.82) is 0 Å². The zero-order valence-electron chi connectivity index (χ0n) is 10.8. The third kappa shape index (κ3) is 4.81. The fourth-order valence-corrected chi connectivity index (χ4v) is 1.79. The van der Waals surface area contributed by atoms with Crippen LogP contribution in [0.25, 0.3) is 0 Å². The minimum absolute atomic E-state index is 0.912. The van der Waals surface area contributed by atoms with Crippen molar-refractivity contribution in [3.05, 3.63) is 23.7 Å². The summed E-state index contributed by atoms with van der Waals surface area (Å²) in [5.41, 5.74) is 1.24. The second-order valence-electron chi connectivity index (χ2n) is 4.12. The van der Waals surface area contributed by atoms with Gasteiger partial charge in [-0.1, -0.05) is 13.8 Å². The quantitative estimate of drug-likeness (QED) is 0.687. The molecule has 0 amide bonds. The van der Waals surface area contributed by atoms with Gasteiger partial charge in [-0.05, 0) is 45.6 Å². The summed E-state index contributed by atoms with van der Waals surface area (Å²) < 4.78 is 5.25. The molecule has 0 spiro atoms. The highest BCUT2D eigenvalue weighted by Crippen LogP contribution is 2.05. The average Bonchev–Trinajstić information content (AvgIpc) is 2.70. The first-order valence-electron chi connectivity index (χ1n) is 6.23. The van der Waals surface area contributed by atoms with Crippen molar-refractivity contribution in [2.24, 2.45) is 0 Å². The Balaban J connectivity index is 2.04. The molecule has 0 atom stereocenters. The SMILES string of the molecule is CCN(CC)CCCNCc1coc(C)c1. The molecule has 0 fully saturated rings. The fraction of sp³-hybridized carbons (Fsp3) is 0.692. The fourth-order valence-electron chi connectivity index (χ4n) is 1.79. The smallest absolute Gasteiger partial charge is 0.101 e. The first-order chi connectivity index (χ1) is 7.76. The van der Waals surface area contributed by atoms with Crippen LogP contribution in [-0.4, -0.2) is 31.1 Å². The summed E-state index contributed by atoms with van der Waals surface area (Å²) in [5, 5.41) is 3.43. The Morgan fingerprint density at radius 3 is 2.62 bits per heavy atom.